The van der Waals surface area contributed by atoms with Crippen LogP contribution in [0.2, 0.25) is 10.2 Å². The number of rotatable bonds is 7. The Hall–Kier alpha value is -2.50. The molecule has 1 unspecified atom stereocenters. The maximum atomic E-state index is 12.9. The van der Waals surface area contributed by atoms with Crippen LogP contribution in [0.25, 0.3) is 11.1 Å². The Morgan fingerprint density at radius 2 is 1.97 bits per heavy atom. The van der Waals surface area contributed by atoms with E-state index in [-0.39, 0.29) is 12.2 Å². The highest BCUT2D eigenvalue weighted by Crippen LogP contribution is 2.42. The number of ketones is 1. The van der Waals surface area contributed by atoms with E-state index >= 15 is 0 Å². The van der Waals surface area contributed by atoms with E-state index in [0.717, 1.165) is 22.3 Å². The molecule has 0 N–H and O–H groups in total. The van der Waals surface area contributed by atoms with Gasteiger partial charge >= 0.3 is 0 Å². The number of methoxy groups -OCH3 is 1. The van der Waals surface area contributed by atoms with Crippen LogP contribution >= 0.6 is 23.2 Å². The third-order valence-electron chi connectivity index (χ3n) is 4.94. The van der Waals surface area contributed by atoms with Gasteiger partial charge in [-0.15, -0.1) is 0 Å². The molecule has 0 fully saturated rings. The summed E-state index contributed by atoms with van der Waals surface area (Å²) in [6, 6.07) is 5.61. The maximum Gasteiger partial charge on any atom is 0.150 e. The Morgan fingerprint density at radius 3 is 2.62 bits per heavy atom. The fourth-order valence-electron chi connectivity index (χ4n) is 3.29. The maximum absolute atomic E-state index is 12.9. The lowest BCUT2D eigenvalue weighted by Gasteiger charge is -2.21. The normalized spacial score (nSPS) is 11.9. The highest BCUT2D eigenvalue weighted by Gasteiger charge is 2.25. The van der Waals surface area contributed by atoms with Gasteiger partial charge in [-0.05, 0) is 31.0 Å². The van der Waals surface area contributed by atoms with E-state index in [9.17, 15) is 4.79 Å². The monoisotopic (exact) mass is 429 g/mol. The topological polar surface area (TPSA) is 65.0 Å². The Morgan fingerprint density at radius 1 is 1.21 bits per heavy atom. The number of carbonyl (C=O) groups is 1. The number of aromatic nitrogens is 3. The molecule has 2 aromatic heterocycles. The van der Waals surface area contributed by atoms with Gasteiger partial charge in [0.1, 0.15) is 16.7 Å². The summed E-state index contributed by atoms with van der Waals surface area (Å²) in [5.41, 5.74) is 3.97. The molecule has 0 aliphatic rings. The van der Waals surface area contributed by atoms with Gasteiger partial charge in [0.15, 0.2) is 0 Å². The molecular formula is C22H21Cl2N3O2. The lowest BCUT2D eigenvalue weighted by Crippen LogP contribution is -2.13. The van der Waals surface area contributed by atoms with Gasteiger partial charge in [0.05, 0.1) is 12.8 Å². The van der Waals surface area contributed by atoms with Gasteiger partial charge in [0.2, 0.25) is 0 Å². The van der Waals surface area contributed by atoms with Gasteiger partial charge in [-0.25, -0.2) is 4.98 Å². The zero-order valence-corrected chi connectivity index (χ0v) is 18.0. The van der Waals surface area contributed by atoms with Gasteiger partial charge < -0.3 is 4.74 Å². The van der Waals surface area contributed by atoms with Crippen molar-refractivity contribution in [2.24, 2.45) is 0 Å². The smallest absolute Gasteiger partial charge is 0.150 e. The molecule has 2 heterocycles. The predicted molar refractivity (Wildman–Crippen MR) is 115 cm³/mol. The standard InChI is InChI=1S/C22H21Cl2N3O2/c1-13(19(28)7-6-18-22(24)27-10-9-26-18)16-11-17(23)14(2)20(21(16)29-3)15-5-4-8-25-12-15/h4-5,8-13H,6-7H2,1-3H3. The molecule has 0 bridgehead atoms. The van der Waals surface area contributed by atoms with E-state index in [1.807, 2.05) is 32.0 Å². The van der Waals surface area contributed by atoms with E-state index < -0.39 is 5.92 Å². The summed E-state index contributed by atoms with van der Waals surface area (Å²) in [7, 11) is 1.60. The largest absolute Gasteiger partial charge is 0.496 e. The van der Waals surface area contributed by atoms with Crippen LogP contribution in [0.3, 0.4) is 0 Å². The number of hydrogen-bond donors (Lipinski definition) is 0. The second kappa shape index (κ2) is 9.33. The first-order chi connectivity index (χ1) is 13.9. The molecule has 3 rings (SSSR count). The fourth-order valence-corrected chi connectivity index (χ4v) is 3.70. The Kier molecular flexibility index (Phi) is 6.83. The van der Waals surface area contributed by atoms with Crippen molar-refractivity contribution in [2.75, 3.05) is 7.11 Å². The average Bonchev–Trinajstić information content (AvgIpc) is 2.74. The van der Waals surface area contributed by atoms with Crippen LogP contribution in [-0.2, 0) is 11.2 Å². The summed E-state index contributed by atoms with van der Waals surface area (Å²) in [4.78, 5) is 25.3. The summed E-state index contributed by atoms with van der Waals surface area (Å²) in [6.07, 6.45) is 7.27. The molecule has 7 heteroatoms. The number of ether oxygens (including phenoxy) is 1. The number of pyridine rings is 1. The molecule has 3 aromatic rings. The molecule has 5 nitrogen and oxygen atoms in total. The van der Waals surface area contributed by atoms with Crippen LogP contribution in [0.4, 0.5) is 0 Å². The van der Waals surface area contributed by atoms with Gasteiger partial charge in [-0.1, -0.05) is 36.2 Å². The van der Waals surface area contributed by atoms with Crippen molar-refractivity contribution in [3.05, 3.63) is 70.0 Å². The number of carbonyl (C=O) groups excluding carboxylic acids is 1. The molecule has 0 aliphatic carbocycles. The quantitative estimate of drug-likeness (QED) is 0.498. The SMILES string of the molecule is COc1c(C(C)C(=O)CCc2nccnc2Cl)cc(Cl)c(C)c1-c1cccnc1. The molecule has 1 atom stereocenters. The summed E-state index contributed by atoms with van der Waals surface area (Å²) in [5, 5.41) is 0.902. The van der Waals surface area contributed by atoms with Crippen LogP contribution in [0.15, 0.2) is 43.0 Å². The summed E-state index contributed by atoms with van der Waals surface area (Å²) in [6.45, 7) is 3.79. The number of aryl methyl sites for hydroxylation is 1. The third-order valence-corrected chi connectivity index (χ3v) is 5.65. The van der Waals surface area contributed by atoms with E-state index in [0.29, 0.717) is 28.0 Å². The first kappa shape index (κ1) is 21.2. The van der Waals surface area contributed by atoms with E-state index in [2.05, 4.69) is 15.0 Å². The zero-order valence-electron chi connectivity index (χ0n) is 16.4. The highest BCUT2D eigenvalue weighted by molar-refractivity contribution is 6.32. The van der Waals surface area contributed by atoms with Crippen molar-refractivity contribution in [3.8, 4) is 16.9 Å². The Bertz CT molecular complexity index is 1030. The minimum Gasteiger partial charge on any atom is -0.496 e. The van der Waals surface area contributed by atoms with Crippen LogP contribution < -0.4 is 4.74 Å². The lowest BCUT2D eigenvalue weighted by atomic mass is 9.88. The fraction of sp³-hybridized carbons (Fsp3) is 0.273. The van der Waals surface area contributed by atoms with E-state index in [1.54, 1.807) is 25.7 Å². The highest BCUT2D eigenvalue weighted by atomic mass is 35.5. The summed E-state index contributed by atoms with van der Waals surface area (Å²) in [5.74, 6) is 0.272. The van der Waals surface area contributed by atoms with Crippen molar-refractivity contribution >= 4 is 29.0 Å². The second-order valence-electron chi connectivity index (χ2n) is 6.70. The van der Waals surface area contributed by atoms with Gasteiger partial charge in [0, 0.05) is 58.8 Å². The van der Waals surface area contributed by atoms with Crippen molar-refractivity contribution in [2.45, 2.75) is 32.6 Å². The van der Waals surface area contributed by atoms with Gasteiger partial charge in [0.25, 0.3) is 0 Å². The third kappa shape index (κ3) is 4.57. The second-order valence-corrected chi connectivity index (χ2v) is 7.47. The molecule has 0 saturated heterocycles. The molecule has 29 heavy (non-hydrogen) atoms. The van der Waals surface area contributed by atoms with Crippen molar-refractivity contribution in [1.82, 2.24) is 15.0 Å². The number of nitrogens with zero attached hydrogens (tertiary/aromatic N) is 3. The van der Waals surface area contributed by atoms with Crippen LogP contribution in [0.5, 0.6) is 5.75 Å². The van der Waals surface area contributed by atoms with Crippen molar-refractivity contribution < 1.29 is 9.53 Å². The molecule has 0 saturated carbocycles. The molecule has 1 aromatic carbocycles. The van der Waals surface area contributed by atoms with Crippen LogP contribution in [0.1, 0.15) is 36.1 Å². The molecule has 0 spiro atoms. The number of benzene rings is 1. The summed E-state index contributed by atoms with van der Waals surface area (Å²) >= 11 is 12.6. The van der Waals surface area contributed by atoms with Crippen molar-refractivity contribution in [1.29, 1.82) is 0 Å². The van der Waals surface area contributed by atoms with Crippen LogP contribution in [0, 0.1) is 6.92 Å². The first-order valence-corrected chi connectivity index (χ1v) is 9.95. The van der Waals surface area contributed by atoms with Gasteiger partial charge in [-0.3, -0.25) is 14.8 Å². The summed E-state index contributed by atoms with van der Waals surface area (Å²) < 4.78 is 5.74. The van der Waals surface area contributed by atoms with E-state index in [1.165, 1.54) is 6.20 Å². The van der Waals surface area contributed by atoms with Crippen molar-refractivity contribution in [3.63, 3.8) is 0 Å². The van der Waals surface area contributed by atoms with Gasteiger partial charge in [-0.2, -0.15) is 0 Å². The molecular weight excluding hydrogens is 409 g/mol. The molecule has 150 valence electrons. The molecule has 0 radical (unpaired) electrons. The molecule has 0 aliphatic heterocycles. The Balaban J connectivity index is 1.94. The average molecular weight is 430 g/mol. The predicted octanol–water partition coefficient (Wildman–Crippen LogP) is 5.47. The Labute approximate surface area is 180 Å². The minimum atomic E-state index is -0.408. The number of hydrogen-bond acceptors (Lipinski definition) is 5. The number of halogens is 2. The zero-order chi connectivity index (χ0) is 21.0. The first-order valence-electron chi connectivity index (χ1n) is 9.19. The lowest BCUT2D eigenvalue weighted by molar-refractivity contribution is -0.120. The van der Waals surface area contributed by atoms with Crippen LogP contribution in [-0.4, -0.2) is 27.8 Å². The minimum absolute atomic E-state index is 0.0436. The molecule has 0 amide bonds. The van der Waals surface area contributed by atoms with E-state index in [4.69, 9.17) is 27.9 Å². The number of Topliss-reactive ketones (excluding diaryl/α,β-unsaturated/α-hetero) is 1.